The van der Waals surface area contributed by atoms with Gasteiger partial charge in [0.15, 0.2) is 11.6 Å². The molecule has 0 N–H and O–H groups in total. The first-order valence-corrected chi connectivity index (χ1v) is 7.22. The summed E-state index contributed by atoms with van der Waals surface area (Å²) in [6, 6.07) is 2.45. The Labute approximate surface area is 129 Å². The van der Waals surface area contributed by atoms with Crippen molar-refractivity contribution in [2.24, 2.45) is 0 Å². The fraction of sp³-hybridized carbons (Fsp3) is 0.562. The number of ether oxygens (including phenoxy) is 2. The lowest BCUT2D eigenvalue weighted by Gasteiger charge is -2.24. The Hall–Kier alpha value is -1.85. The number of amides is 1. The Morgan fingerprint density at radius 3 is 2.59 bits per heavy atom. The van der Waals surface area contributed by atoms with Gasteiger partial charge in [0.25, 0.3) is 0 Å². The lowest BCUT2D eigenvalue weighted by molar-refractivity contribution is 0.0292. The Kier molecular flexibility index (Phi) is 4.58. The third-order valence-corrected chi connectivity index (χ3v) is 3.56. The molecule has 122 valence electrons. The molecule has 0 aromatic heterocycles. The topological polar surface area (TPSA) is 38.8 Å². The van der Waals surface area contributed by atoms with Crippen molar-refractivity contribution in [2.75, 3.05) is 20.2 Å². The van der Waals surface area contributed by atoms with E-state index in [4.69, 9.17) is 9.47 Å². The minimum absolute atomic E-state index is 0.188. The number of likely N-dealkylation sites (tertiary alicyclic amines) is 1. The number of carbonyl (C=O) groups is 1. The van der Waals surface area contributed by atoms with Crippen LogP contribution in [0.5, 0.6) is 5.75 Å². The van der Waals surface area contributed by atoms with Crippen molar-refractivity contribution in [2.45, 2.75) is 38.7 Å². The van der Waals surface area contributed by atoms with Gasteiger partial charge in [0.1, 0.15) is 11.4 Å². The average molecular weight is 313 g/mol. The van der Waals surface area contributed by atoms with Gasteiger partial charge in [-0.05, 0) is 39.3 Å². The van der Waals surface area contributed by atoms with Crippen LogP contribution in [0.1, 0.15) is 38.7 Å². The third kappa shape index (κ3) is 3.48. The molecule has 4 nitrogen and oxygen atoms in total. The van der Waals surface area contributed by atoms with Gasteiger partial charge in [-0.1, -0.05) is 0 Å². The Bertz CT molecular complexity index is 569. The summed E-state index contributed by atoms with van der Waals surface area (Å²) in [6.07, 6.45) is 0.0986. The van der Waals surface area contributed by atoms with E-state index >= 15 is 0 Å². The van der Waals surface area contributed by atoms with E-state index in [1.54, 1.807) is 20.8 Å². The lowest BCUT2D eigenvalue weighted by Crippen LogP contribution is -2.35. The maximum atomic E-state index is 14.1. The molecule has 1 aromatic rings. The van der Waals surface area contributed by atoms with E-state index in [1.807, 2.05) is 0 Å². The van der Waals surface area contributed by atoms with Gasteiger partial charge in [-0.25, -0.2) is 13.6 Å². The van der Waals surface area contributed by atoms with Crippen LogP contribution in [0.4, 0.5) is 13.6 Å². The summed E-state index contributed by atoms with van der Waals surface area (Å²) < 4.78 is 38.0. The van der Waals surface area contributed by atoms with Gasteiger partial charge in [-0.15, -0.1) is 0 Å². The first-order valence-electron chi connectivity index (χ1n) is 7.22. The molecule has 2 rings (SSSR count). The van der Waals surface area contributed by atoms with Crippen molar-refractivity contribution >= 4 is 6.09 Å². The number of benzene rings is 1. The summed E-state index contributed by atoms with van der Waals surface area (Å²) >= 11 is 0. The molecule has 6 heteroatoms. The largest absolute Gasteiger partial charge is 0.496 e. The first-order chi connectivity index (χ1) is 10.2. The summed E-state index contributed by atoms with van der Waals surface area (Å²) in [7, 11) is 1.41. The summed E-state index contributed by atoms with van der Waals surface area (Å²) in [5.74, 6) is -1.82. The standard InChI is InChI=1S/C16H21F2NO3/c1-16(2,3)22-15(20)19-8-7-10(9-19)13-12(21-4)6-5-11(17)14(13)18/h5-6,10H,7-9H2,1-4H3. The van der Waals surface area contributed by atoms with Crippen LogP contribution >= 0.6 is 0 Å². The summed E-state index contributed by atoms with van der Waals surface area (Å²) in [4.78, 5) is 13.6. The predicted molar refractivity (Wildman–Crippen MR) is 78.1 cm³/mol. The Morgan fingerprint density at radius 2 is 2.00 bits per heavy atom. The van der Waals surface area contributed by atoms with Crippen LogP contribution < -0.4 is 4.74 Å². The van der Waals surface area contributed by atoms with Crippen LogP contribution in [0.2, 0.25) is 0 Å². The molecular formula is C16H21F2NO3. The second-order valence-electron chi connectivity index (χ2n) is 6.39. The lowest BCUT2D eigenvalue weighted by atomic mass is 9.96. The maximum Gasteiger partial charge on any atom is 0.410 e. The fourth-order valence-electron chi connectivity index (χ4n) is 2.60. The first kappa shape index (κ1) is 16.5. The van der Waals surface area contributed by atoms with E-state index in [0.29, 0.717) is 18.7 Å². The van der Waals surface area contributed by atoms with Crippen molar-refractivity contribution in [1.29, 1.82) is 0 Å². The summed E-state index contributed by atoms with van der Waals surface area (Å²) in [5, 5.41) is 0. The number of halogens is 2. The van der Waals surface area contributed by atoms with E-state index in [0.717, 1.165) is 6.07 Å². The summed E-state index contributed by atoms with van der Waals surface area (Å²) in [5.41, 5.74) is -0.398. The van der Waals surface area contributed by atoms with Crippen molar-refractivity contribution < 1.29 is 23.0 Å². The molecule has 0 saturated carbocycles. The van der Waals surface area contributed by atoms with E-state index in [9.17, 15) is 13.6 Å². The molecule has 1 aromatic carbocycles. The maximum absolute atomic E-state index is 14.1. The third-order valence-electron chi connectivity index (χ3n) is 3.56. The van der Waals surface area contributed by atoms with Crippen LogP contribution in [-0.2, 0) is 4.74 Å². The monoisotopic (exact) mass is 313 g/mol. The van der Waals surface area contributed by atoms with E-state index < -0.39 is 23.3 Å². The van der Waals surface area contributed by atoms with Crippen LogP contribution in [0.25, 0.3) is 0 Å². The highest BCUT2D eigenvalue weighted by atomic mass is 19.2. The molecule has 1 heterocycles. The van der Waals surface area contributed by atoms with Gasteiger partial charge in [0, 0.05) is 24.6 Å². The molecule has 1 amide bonds. The van der Waals surface area contributed by atoms with Crippen LogP contribution in [0.3, 0.4) is 0 Å². The quantitative estimate of drug-likeness (QED) is 0.835. The number of rotatable bonds is 2. The van der Waals surface area contributed by atoms with Gasteiger partial charge >= 0.3 is 6.09 Å². The average Bonchev–Trinajstić information content (AvgIpc) is 2.89. The van der Waals surface area contributed by atoms with Crippen LogP contribution in [0, 0.1) is 11.6 Å². The van der Waals surface area contributed by atoms with Gasteiger partial charge < -0.3 is 14.4 Å². The fourth-order valence-corrected chi connectivity index (χ4v) is 2.60. The molecule has 0 aliphatic carbocycles. The van der Waals surface area contributed by atoms with Crippen LogP contribution in [-0.4, -0.2) is 36.8 Å². The van der Waals surface area contributed by atoms with E-state index in [1.165, 1.54) is 18.1 Å². The SMILES string of the molecule is COc1ccc(F)c(F)c1C1CCN(C(=O)OC(C)(C)C)C1. The number of hydrogen-bond acceptors (Lipinski definition) is 3. The zero-order chi connectivity index (χ0) is 16.5. The minimum atomic E-state index is -0.911. The highest BCUT2D eigenvalue weighted by Gasteiger charge is 2.34. The van der Waals surface area contributed by atoms with Crippen LogP contribution in [0.15, 0.2) is 12.1 Å². The van der Waals surface area contributed by atoms with Crippen molar-refractivity contribution in [3.63, 3.8) is 0 Å². The zero-order valence-electron chi connectivity index (χ0n) is 13.3. The smallest absolute Gasteiger partial charge is 0.410 e. The predicted octanol–water partition coefficient (Wildman–Crippen LogP) is 3.70. The second-order valence-corrected chi connectivity index (χ2v) is 6.39. The zero-order valence-corrected chi connectivity index (χ0v) is 13.3. The Balaban J connectivity index is 2.17. The molecule has 0 radical (unpaired) electrons. The van der Waals surface area contributed by atoms with Gasteiger partial charge in [0.2, 0.25) is 0 Å². The van der Waals surface area contributed by atoms with E-state index in [-0.39, 0.29) is 18.0 Å². The number of carbonyl (C=O) groups excluding carboxylic acids is 1. The van der Waals surface area contributed by atoms with Crippen molar-refractivity contribution in [3.05, 3.63) is 29.3 Å². The molecule has 1 saturated heterocycles. The molecule has 0 spiro atoms. The highest BCUT2D eigenvalue weighted by molar-refractivity contribution is 5.68. The molecule has 22 heavy (non-hydrogen) atoms. The van der Waals surface area contributed by atoms with Gasteiger partial charge in [-0.3, -0.25) is 0 Å². The number of nitrogens with zero attached hydrogens (tertiary/aromatic N) is 1. The normalized spacial score (nSPS) is 18.5. The minimum Gasteiger partial charge on any atom is -0.496 e. The number of methoxy groups -OCH3 is 1. The molecule has 1 unspecified atom stereocenters. The Morgan fingerprint density at radius 1 is 1.32 bits per heavy atom. The second kappa shape index (κ2) is 6.10. The van der Waals surface area contributed by atoms with Gasteiger partial charge in [0.05, 0.1) is 7.11 Å². The van der Waals surface area contributed by atoms with Gasteiger partial charge in [-0.2, -0.15) is 0 Å². The van der Waals surface area contributed by atoms with Crippen molar-refractivity contribution in [1.82, 2.24) is 4.90 Å². The van der Waals surface area contributed by atoms with E-state index in [2.05, 4.69) is 0 Å². The molecular weight excluding hydrogens is 292 g/mol. The summed E-state index contributed by atoms with van der Waals surface area (Å²) in [6.45, 7) is 6.08. The molecule has 0 bridgehead atoms. The molecule has 1 atom stereocenters. The molecule has 1 fully saturated rings. The molecule has 1 aliphatic rings. The highest BCUT2D eigenvalue weighted by Crippen LogP contribution is 2.36. The molecule has 1 aliphatic heterocycles. The van der Waals surface area contributed by atoms with Crippen molar-refractivity contribution in [3.8, 4) is 5.75 Å². The number of hydrogen-bond donors (Lipinski definition) is 0.